The van der Waals surface area contributed by atoms with E-state index in [1.807, 2.05) is 29.6 Å². The molecule has 1 aromatic heterocycles. The number of carbonyl (C=O) groups excluding carboxylic acids is 1. The summed E-state index contributed by atoms with van der Waals surface area (Å²) in [6, 6.07) is 14.2. The molecule has 0 bridgehead atoms. The van der Waals surface area contributed by atoms with Crippen LogP contribution in [0.3, 0.4) is 0 Å². The van der Waals surface area contributed by atoms with Gasteiger partial charge in [-0.3, -0.25) is 4.79 Å². The molecule has 1 N–H and O–H groups in total. The normalized spacial score (nSPS) is 10.3. The molecule has 4 nitrogen and oxygen atoms in total. The monoisotopic (exact) mass is 315 g/mol. The molecule has 1 amide bonds. The van der Waals surface area contributed by atoms with Crippen molar-refractivity contribution in [3.05, 3.63) is 64.5 Å². The summed E-state index contributed by atoms with van der Waals surface area (Å²) in [5.74, 6) is -0.172. The van der Waals surface area contributed by atoms with Gasteiger partial charge in [0.15, 0.2) is 0 Å². The molecule has 0 radical (unpaired) electrons. The number of amides is 1. The number of carbonyl (C=O) groups is 1. The minimum Gasteiger partial charge on any atom is -0.322 e. The average Bonchev–Trinajstić information content (AvgIpc) is 3.03. The Kier molecular flexibility index (Phi) is 3.94. The van der Waals surface area contributed by atoms with E-state index >= 15 is 0 Å². The van der Waals surface area contributed by atoms with Gasteiger partial charge in [-0.25, -0.2) is 0 Å². The van der Waals surface area contributed by atoms with E-state index in [-0.39, 0.29) is 5.91 Å². The Morgan fingerprint density at radius 2 is 1.76 bits per heavy atom. The van der Waals surface area contributed by atoms with Gasteiger partial charge in [-0.05, 0) is 47.9 Å². The number of nitrogens with zero attached hydrogens (tertiary/aromatic N) is 2. The molecule has 0 aliphatic rings. The fraction of sp³-hybridized carbons (Fsp3) is 0. The Hall–Kier alpha value is -2.24. The van der Waals surface area contributed by atoms with Gasteiger partial charge in [-0.2, -0.15) is 0 Å². The molecule has 0 fully saturated rings. The van der Waals surface area contributed by atoms with Crippen molar-refractivity contribution in [1.29, 1.82) is 0 Å². The maximum absolute atomic E-state index is 12.1. The number of halogens is 1. The van der Waals surface area contributed by atoms with Crippen molar-refractivity contribution in [2.75, 3.05) is 5.32 Å². The number of benzene rings is 2. The summed E-state index contributed by atoms with van der Waals surface area (Å²) in [7, 11) is 0. The van der Waals surface area contributed by atoms with Crippen LogP contribution in [0.25, 0.3) is 11.3 Å². The number of aromatic nitrogens is 2. The fourth-order valence-corrected chi connectivity index (χ4v) is 2.41. The molecule has 3 rings (SSSR count). The van der Waals surface area contributed by atoms with Crippen molar-refractivity contribution in [2.45, 2.75) is 0 Å². The summed E-state index contributed by atoms with van der Waals surface area (Å²) < 4.78 is 3.83. The van der Waals surface area contributed by atoms with Crippen LogP contribution in [0, 0.1) is 0 Å². The van der Waals surface area contributed by atoms with Crippen LogP contribution in [0.2, 0.25) is 5.02 Å². The standard InChI is InChI=1S/C15H10ClN3OS/c16-12-5-1-11(2-6-12)15(20)17-13-7-3-10(4-8-13)14-9-21-19-18-14/h1-9H,(H,17,20). The Bertz CT molecular complexity index is 740. The van der Waals surface area contributed by atoms with E-state index in [1.54, 1.807) is 24.3 Å². The second-order valence-corrected chi connectivity index (χ2v) is 5.37. The van der Waals surface area contributed by atoms with Gasteiger partial charge in [0.05, 0.1) is 0 Å². The van der Waals surface area contributed by atoms with Crippen molar-refractivity contribution in [3.63, 3.8) is 0 Å². The van der Waals surface area contributed by atoms with Crippen LogP contribution >= 0.6 is 23.1 Å². The van der Waals surface area contributed by atoms with E-state index in [1.165, 1.54) is 11.5 Å². The maximum Gasteiger partial charge on any atom is 0.255 e. The minimum atomic E-state index is -0.172. The van der Waals surface area contributed by atoms with Crippen LogP contribution in [0.1, 0.15) is 10.4 Å². The summed E-state index contributed by atoms with van der Waals surface area (Å²) in [5.41, 5.74) is 3.08. The van der Waals surface area contributed by atoms with E-state index in [0.717, 1.165) is 16.9 Å². The molecule has 0 atom stereocenters. The maximum atomic E-state index is 12.1. The Labute approximate surface area is 130 Å². The first-order valence-corrected chi connectivity index (χ1v) is 7.38. The fourth-order valence-electron chi connectivity index (χ4n) is 1.82. The highest BCUT2D eigenvalue weighted by molar-refractivity contribution is 7.03. The predicted octanol–water partition coefficient (Wildman–Crippen LogP) is 4.11. The molecule has 21 heavy (non-hydrogen) atoms. The zero-order chi connectivity index (χ0) is 14.7. The van der Waals surface area contributed by atoms with E-state index in [4.69, 9.17) is 11.6 Å². The van der Waals surface area contributed by atoms with E-state index < -0.39 is 0 Å². The first kappa shape index (κ1) is 13.7. The lowest BCUT2D eigenvalue weighted by molar-refractivity contribution is 0.102. The van der Waals surface area contributed by atoms with Crippen LogP contribution in [0.5, 0.6) is 0 Å². The summed E-state index contributed by atoms with van der Waals surface area (Å²) in [5, 5.41) is 9.32. The molecule has 0 aliphatic carbocycles. The SMILES string of the molecule is O=C(Nc1ccc(-c2csnn2)cc1)c1ccc(Cl)cc1. The zero-order valence-electron chi connectivity index (χ0n) is 10.8. The van der Waals surface area contributed by atoms with Crippen LogP contribution in [-0.2, 0) is 0 Å². The lowest BCUT2D eigenvalue weighted by Crippen LogP contribution is -2.11. The summed E-state index contributed by atoms with van der Waals surface area (Å²) >= 11 is 7.11. The predicted molar refractivity (Wildman–Crippen MR) is 84.8 cm³/mol. The number of nitrogens with one attached hydrogen (secondary N) is 1. The molecule has 3 aromatic rings. The van der Waals surface area contributed by atoms with Gasteiger partial charge < -0.3 is 5.32 Å². The van der Waals surface area contributed by atoms with E-state index in [2.05, 4.69) is 14.9 Å². The smallest absolute Gasteiger partial charge is 0.255 e. The summed E-state index contributed by atoms with van der Waals surface area (Å²) in [6.45, 7) is 0. The van der Waals surface area contributed by atoms with Crippen molar-refractivity contribution in [2.24, 2.45) is 0 Å². The average molecular weight is 316 g/mol. The van der Waals surface area contributed by atoms with E-state index in [0.29, 0.717) is 10.6 Å². The van der Waals surface area contributed by atoms with Crippen molar-refractivity contribution < 1.29 is 4.79 Å². The Balaban J connectivity index is 1.73. The first-order valence-electron chi connectivity index (χ1n) is 6.17. The molecule has 0 saturated heterocycles. The number of rotatable bonds is 3. The third kappa shape index (κ3) is 3.26. The summed E-state index contributed by atoms with van der Waals surface area (Å²) in [6.07, 6.45) is 0. The van der Waals surface area contributed by atoms with Crippen LogP contribution in [0.4, 0.5) is 5.69 Å². The van der Waals surface area contributed by atoms with Gasteiger partial charge in [0.25, 0.3) is 5.91 Å². The van der Waals surface area contributed by atoms with Gasteiger partial charge in [-0.15, -0.1) is 5.10 Å². The second kappa shape index (κ2) is 6.03. The lowest BCUT2D eigenvalue weighted by atomic mass is 10.1. The van der Waals surface area contributed by atoms with Crippen LogP contribution < -0.4 is 5.32 Å². The summed E-state index contributed by atoms with van der Waals surface area (Å²) in [4.78, 5) is 12.1. The van der Waals surface area contributed by atoms with Crippen molar-refractivity contribution >= 4 is 34.7 Å². The molecule has 6 heteroatoms. The molecule has 0 aliphatic heterocycles. The number of anilines is 1. The van der Waals surface area contributed by atoms with Crippen LogP contribution in [0.15, 0.2) is 53.9 Å². The molecule has 0 unspecified atom stereocenters. The van der Waals surface area contributed by atoms with Gasteiger partial charge >= 0.3 is 0 Å². The quantitative estimate of drug-likeness (QED) is 0.791. The number of hydrogen-bond donors (Lipinski definition) is 1. The van der Waals surface area contributed by atoms with Crippen LogP contribution in [-0.4, -0.2) is 15.5 Å². The Morgan fingerprint density at radius 1 is 1.05 bits per heavy atom. The van der Waals surface area contributed by atoms with Crippen molar-refractivity contribution in [3.8, 4) is 11.3 Å². The van der Waals surface area contributed by atoms with Gasteiger partial charge in [0.2, 0.25) is 0 Å². The molecular weight excluding hydrogens is 306 g/mol. The highest BCUT2D eigenvalue weighted by Gasteiger charge is 2.06. The van der Waals surface area contributed by atoms with Gasteiger partial charge in [-0.1, -0.05) is 28.2 Å². The highest BCUT2D eigenvalue weighted by Crippen LogP contribution is 2.20. The molecule has 104 valence electrons. The van der Waals surface area contributed by atoms with Gasteiger partial charge in [0, 0.05) is 27.2 Å². The second-order valence-electron chi connectivity index (χ2n) is 4.33. The van der Waals surface area contributed by atoms with Gasteiger partial charge in [0.1, 0.15) is 5.69 Å². The minimum absolute atomic E-state index is 0.172. The first-order chi connectivity index (χ1) is 10.2. The molecule has 0 saturated carbocycles. The molecule has 2 aromatic carbocycles. The topological polar surface area (TPSA) is 54.9 Å². The van der Waals surface area contributed by atoms with E-state index in [9.17, 15) is 4.79 Å². The number of hydrogen-bond acceptors (Lipinski definition) is 4. The largest absolute Gasteiger partial charge is 0.322 e. The highest BCUT2D eigenvalue weighted by atomic mass is 35.5. The third-order valence-electron chi connectivity index (χ3n) is 2.90. The molecular formula is C15H10ClN3OS. The zero-order valence-corrected chi connectivity index (χ0v) is 12.4. The molecule has 1 heterocycles. The van der Waals surface area contributed by atoms with Crippen molar-refractivity contribution in [1.82, 2.24) is 9.59 Å². The Morgan fingerprint density at radius 3 is 2.38 bits per heavy atom. The molecule has 0 spiro atoms. The lowest BCUT2D eigenvalue weighted by Gasteiger charge is -2.06. The third-order valence-corrected chi connectivity index (χ3v) is 3.66.